The first-order chi connectivity index (χ1) is 9.81. The van der Waals surface area contributed by atoms with Gasteiger partial charge in [0.05, 0.1) is 31.3 Å². The maximum Gasteiger partial charge on any atom is 0.242 e. The van der Waals surface area contributed by atoms with E-state index in [0.717, 1.165) is 32.1 Å². The monoisotopic (exact) mass is 317 g/mol. The van der Waals surface area contributed by atoms with E-state index < -0.39 is 16.0 Å². The summed E-state index contributed by atoms with van der Waals surface area (Å²) in [5.41, 5.74) is -0.164. The normalized spacial score (nSPS) is 12.0. The van der Waals surface area contributed by atoms with Crippen molar-refractivity contribution in [2.75, 3.05) is 26.2 Å². The van der Waals surface area contributed by atoms with Crippen molar-refractivity contribution in [2.45, 2.75) is 25.2 Å². The lowest BCUT2D eigenvalue weighted by atomic mass is 10.4. The first kappa shape index (κ1) is 17.7. The fourth-order valence-corrected chi connectivity index (χ4v) is 3.26. The SMILES string of the molecule is CC[NH+](CC)CCCNS(=O)(=O)c1cc(C(=O)[O-])n(C)c1. The van der Waals surface area contributed by atoms with Crippen LogP contribution >= 0.6 is 0 Å². The lowest BCUT2D eigenvalue weighted by molar-refractivity contribution is -0.896. The largest absolute Gasteiger partial charge is 0.543 e. The molecule has 1 rings (SSSR count). The molecule has 1 heterocycles. The number of carboxylic acid groups (broad SMARTS) is 1. The molecular formula is C13H23N3O4S. The Kier molecular flexibility index (Phi) is 6.38. The Balaban J connectivity index is 2.62. The molecule has 0 fully saturated rings. The number of hydrogen-bond donors (Lipinski definition) is 2. The summed E-state index contributed by atoms with van der Waals surface area (Å²) in [6.07, 6.45) is 2.00. The van der Waals surface area contributed by atoms with Gasteiger partial charge in [0.2, 0.25) is 10.0 Å². The molecule has 0 aromatic carbocycles. The Morgan fingerprint density at radius 1 is 1.38 bits per heavy atom. The van der Waals surface area contributed by atoms with Gasteiger partial charge in [-0.05, 0) is 19.9 Å². The van der Waals surface area contributed by atoms with E-state index in [-0.39, 0.29) is 10.6 Å². The predicted octanol–water partition coefficient (Wildman–Crippen LogP) is -2.02. The van der Waals surface area contributed by atoms with Crippen LogP contribution in [0.5, 0.6) is 0 Å². The summed E-state index contributed by atoms with van der Waals surface area (Å²) in [4.78, 5) is 12.2. The van der Waals surface area contributed by atoms with Crippen LogP contribution in [-0.2, 0) is 17.1 Å². The molecule has 7 nitrogen and oxygen atoms in total. The maximum absolute atomic E-state index is 12.1. The van der Waals surface area contributed by atoms with Gasteiger partial charge in [0.15, 0.2) is 0 Å². The molecule has 0 saturated carbocycles. The third-order valence-corrected chi connectivity index (χ3v) is 4.93. The average Bonchev–Trinajstić information content (AvgIpc) is 2.82. The highest BCUT2D eigenvalue weighted by molar-refractivity contribution is 7.89. The number of carbonyl (C=O) groups excluding carboxylic acids is 1. The van der Waals surface area contributed by atoms with Crippen molar-refractivity contribution in [1.82, 2.24) is 9.29 Å². The number of nitrogens with zero attached hydrogens (tertiary/aromatic N) is 1. The summed E-state index contributed by atoms with van der Waals surface area (Å²) >= 11 is 0. The number of hydrogen-bond acceptors (Lipinski definition) is 4. The van der Waals surface area contributed by atoms with Gasteiger partial charge in [-0.2, -0.15) is 0 Å². The molecule has 2 N–H and O–H groups in total. The Bertz CT molecular complexity index is 576. The minimum atomic E-state index is -3.68. The molecule has 0 radical (unpaired) electrons. The second kappa shape index (κ2) is 7.58. The van der Waals surface area contributed by atoms with Gasteiger partial charge in [-0.1, -0.05) is 0 Å². The number of carbonyl (C=O) groups is 1. The van der Waals surface area contributed by atoms with Gasteiger partial charge in [0.1, 0.15) is 4.90 Å². The van der Waals surface area contributed by atoms with Crippen molar-refractivity contribution in [1.29, 1.82) is 0 Å². The minimum Gasteiger partial charge on any atom is -0.543 e. The van der Waals surface area contributed by atoms with Crippen LogP contribution in [0, 0.1) is 0 Å². The van der Waals surface area contributed by atoms with Crippen molar-refractivity contribution in [3.63, 3.8) is 0 Å². The summed E-state index contributed by atoms with van der Waals surface area (Å²) in [5.74, 6) is -1.40. The van der Waals surface area contributed by atoms with Gasteiger partial charge in [-0.25, -0.2) is 13.1 Å². The highest BCUT2D eigenvalue weighted by Crippen LogP contribution is 2.12. The highest BCUT2D eigenvalue weighted by atomic mass is 32.2. The number of nitrogens with one attached hydrogen (secondary N) is 2. The molecule has 0 bridgehead atoms. The average molecular weight is 317 g/mol. The zero-order valence-electron chi connectivity index (χ0n) is 12.7. The van der Waals surface area contributed by atoms with E-state index in [9.17, 15) is 18.3 Å². The van der Waals surface area contributed by atoms with Crippen molar-refractivity contribution in [3.8, 4) is 0 Å². The summed E-state index contributed by atoms with van der Waals surface area (Å²) in [6.45, 7) is 7.44. The quantitative estimate of drug-likeness (QED) is 0.514. The Morgan fingerprint density at radius 3 is 2.48 bits per heavy atom. The topological polar surface area (TPSA) is 95.7 Å². The van der Waals surface area contributed by atoms with Gasteiger partial charge in [-0.3, -0.25) is 0 Å². The highest BCUT2D eigenvalue weighted by Gasteiger charge is 2.17. The standard InChI is InChI=1S/C13H23N3O4S/c1-4-16(5-2)8-6-7-14-21(19,20)11-9-12(13(17)18)15(3)10-11/h9-10,14H,4-8H2,1-3H3,(H,17,18). The molecule has 0 aliphatic carbocycles. The predicted molar refractivity (Wildman–Crippen MR) is 76.5 cm³/mol. The zero-order valence-corrected chi connectivity index (χ0v) is 13.5. The smallest absolute Gasteiger partial charge is 0.242 e. The summed E-state index contributed by atoms with van der Waals surface area (Å²) in [5, 5.41) is 10.8. The van der Waals surface area contributed by atoms with Crippen molar-refractivity contribution in [2.24, 2.45) is 7.05 Å². The first-order valence-electron chi connectivity index (χ1n) is 7.02. The molecule has 0 spiro atoms. The molecule has 21 heavy (non-hydrogen) atoms. The molecule has 1 aromatic rings. The van der Waals surface area contributed by atoms with Gasteiger partial charge < -0.3 is 19.4 Å². The molecule has 0 saturated heterocycles. The van der Waals surface area contributed by atoms with Crippen LogP contribution in [0.2, 0.25) is 0 Å². The number of rotatable bonds is 9. The van der Waals surface area contributed by atoms with Crippen LogP contribution in [0.1, 0.15) is 30.8 Å². The van der Waals surface area contributed by atoms with Crippen LogP contribution in [0.4, 0.5) is 0 Å². The maximum atomic E-state index is 12.1. The molecule has 0 atom stereocenters. The van der Waals surface area contributed by atoms with E-state index in [0.29, 0.717) is 6.54 Å². The van der Waals surface area contributed by atoms with E-state index in [1.807, 2.05) is 0 Å². The van der Waals surface area contributed by atoms with Crippen LogP contribution in [-0.4, -0.2) is 45.1 Å². The van der Waals surface area contributed by atoms with E-state index in [4.69, 9.17) is 0 Å². The summed E-state index contributed by atoms with van der Waals surface area (Å²) in [7, 11) is -2.21. The molecule has 8 heteroatoms. The van der Waals surface area contributed by atoms with E-state index in [1.54, 1.807) is 0 Å². The number of quaternary nitrogens is 1. The first-order valence-corrected chi connectivity index (χ1v) is 8.51. The molecule has 120 valence electrons. The molecule has 0 aliphatic heterocycles. The number of carboxylic acids is 1. The molecule has 0 unspecified atom stereocenters. The Hall–Kier alpha value is -1.38. The number of aromatic nitrogens is 1. The zero-order chi connectivity index (χ0) is 16.0. The third-order valence-electron chi connectivity index (χ3n) is 3.50. The van der Waals surface area contributed by atoms with Crippen LogP contribution in [0.3, 0.4) is 0 Å². The molecule has 0 amide bonds. The molecular weight excluding hydrogens is 294 g/mol. The molecule has 1 aromatic heterocycles. The number of aryl methyl sites for hydroxylation is 1. The lowest BCUT2D eigenvalue weighted by Gasteiger charge is -2.15. The van der Waals surface area contributed by atoms with Crippen LogP contribution in [0.25, 0.3) is 0 Å². The second-order valence-corrected chi connectivity index (χ2v) is 6.68. The van der Waals surface area contributed by atoms with Gasteiger partial charge in [0.25, 0.3) is 0 Å². The van der Waals surface area contributed by atoms with E-state index in [1.165, 1.54) is 22.7 Å². The van der Waals surface area contributed by atoms with Gasteiger partial charge in [0, 0.05) is 26.2 Å². The van der Waals surface area contributed by atoms with Crippen LogP contribution < -0.4 is 14.7 Å². The fraction of sp³-hybridized carbons (Fsp3) is 0.615. The van der Waals surface area contributed by atoms with E-state index >= 15 is 0 Å². The summed E-state index contributed by atoms with van der Waals surface area (Å²) in [6, 6.07) is 1.10. The summed E-state index contributed by atoms with van der Waals surface area (Å²) < 4.78 is 27.8. The van der Waals surface area contributed by atoms with Crippen molar-refractivity contribution >= 4 is 16.0 Å². The van der Waals surface area contributed by atoms with Gasteiger partial charge in [-0.15, -0.1) is 0 Å². The lowest BCUT2D eigenvalue weighted by Crippen LogP contribution is -3.11. The number of aromatic carboxylic acids is 1. The fourth-order valence-electron chi connectivity index (χ4n) is 2.12. The Morgan fingerprint density at radius 2 is 2.00 bits per heavy atom. The van der Waals surface area contributed by atoms with Crippen LogP contribution in [0.15, 0.2) is 17.2 Å². The van der Waals surface area contributed by atoms with E-state index in [2.05, 4.69) is 18.6 Å². The third kappa shape index (κ3) is 4.83. The van der Waals surface area contributed by atoms with Crippen molar-refractivity contribution in [3.05, 3.63) is 18.0 Å². The second-order valence-electron chi connectivity index (χ2n) is 4.92. The minimum absolute atomic E-state index is 0.0561. The van der Waals surface area contributed by atoms with Gasteiger partial charge >= 0.3 is 0 Å². The van der Waals surface area contributed by atoms with Crippen molar-refractivity contribution < 1.29 is 23.2 Å². The molecule has 0 aliphatic rings. The number of sulfonamides is 1. The Labute approximate surface area is 125 Å².